The Balaban J connectivity index is 1.81. The number of nitrogens with zero attached hydrogens (tertiary/aromatic N) is 2. The number of hydrogen-bond acceptors (Lipinski definition) is 4. The summed E-state index contributed by atoms with van der Waals surface area (Å²) in [4.78, 5) is 7.40. The molecule has 140 valence electrons. The Hall–Kier alpha value is -1.91. The zero-order valence-electron chi connectivity index (χ0n) is 16.2. The van der Waals surface area contributed by atoms with Crippen molar-refractivity contribution in [3.8, 4) is 0 Å². The summed E-state index contributed by atoms with van der Waals surface area (Å²) < 4.78 is 6.49. The van der Waals surface area contributed by atoms with Crippen molar-refractivity contribution in [1.82, 2.24) is 4.90 Å². The van der Waals surface area contributed by atoms with Crippen LogP contribution in [-0.2, 0) is 4.74 Å². The van der Waals surface area contributed by atoms with Crippen molar-refractivity contribution in [1.29, 1.82) is 0 Å². The van der Waals surface area contributed by atoms with Crippen molar-refractivity contribution >= 4 is 11.4 Å². The van der Waals surface area contributed by atoms with Crippen LogP contribution < -0.4 is 5.73 Å². The van der Waals surface area contributed by atoms with E-state index in [1.807, 2.05) is 30.3 Å². The number of ether oxygens (including phenoxy) is 1. The lowest BCUT2D eigenvalue weighted by Crippen LogP contribution is -2.53. The Morgan fingerprint density at radius 1 is 1.27 bits per heavy atom. The van der Waals surface area contributed by atoms with Crippen LogP contribution in [0.3, 0.4) is 0 Å². The summed E-state index contributed by atoms with van der Waals surface area (Å²) >= 11 is 0. The molecule has 0 amide bonds. The van der Waals surface area contributed by atoms with E-state index >= 15 is 0 Å². The highest BCUT2D eigenvalue weighted by atomic mass is 16.5. The SMILES string of the molecule is CC(C)=CCN1CCC2(CC1)OC(C)CC(=Nc1ccccc1)/C2=C\N. The van der Waals surface area contributed by atoms with Crippen molar-refractivity contribution in [2.45, 2.75) is 51.7 Å². The molecule has 1 unspecified atom stereocenters. The van der Waals surface area contributed by atoms with Gasteiger partial charge in [0.25, 0.3) is 0 Å². The summed E-state index contributed by atoms with van der Waals surface area (Å²) in [6.45, 7) is 9.50. The topological polar surface area (TPSA) is 50.8 Å². The summed E-state index contributed by atoms with van der Waals surface area (Å²) in [5.74, 6) is 0. The van der Waals surface area contributed by atoms with Gasteiger partial charge in [0.2, 0.25) is 0 Å². The molecule has 1 aromatic carbocycles. The summed E-state index contributed by atoms with van der Waals surface area (Å²) in [6, 6.07) is 10.1. The van der Waals surface area contributed by atoms with Crippen molar-refractivity contribution in [2.24, 2.45) is 10.7 Å². The molecular weight excluding hydrogens is 322 g/mol. The van der Waals surface area contributed by atoms with Crippen LogP contribution in [0.15, 0.2) is 58.7 Å². The van der Waals surface area contributed by atoms with Crippen LogP contribution in [0.5, 0.6) is 0 Å². The van der Waals surface area contributed by atoms with Gasteiger partial charge in [-0.1, -0.05) is 29.8 Å². The Labute approximate surface area is 157 Å². The summed E-state index contributed by atoms with van der Waals surface area (Å²) in [6.07, 6.45) is 6.92. The molecule has 0 saturated carbocycles. The number of para-hydroxylation sites is 1. The van der Waals surface area contributed by atoms with Gasteiger partial charge in [0.05, 0.1) is 23.1 Å². The van der Waals surface area contributed by atoms with E-state index in [2.05, 4.69) is 31.7 Å². The summed E-state index contributed by atoms with van der Waals surface area (Å²) in [7, 11) is 0. The van der Waals surface area contributed by atoms with E-state index in [0.717, 1.165) is 55.9 Å². The molecule has 26 heavy (non-hydrogen) atoms. The van der Waals surface area contributed by atoms with E-state index in [1.54, 1.807) is 6.20 Å². The number of likely N-dealkylation sites (tertiary alicyclic amines) is 1. The molecule has 2 fully saturated rings. The number of piperidine rings is 1. The van der Waals surface area contributed by atoms with Gasteiger partial charge in [-0.3, -0.25) is 9.89 Å². The van der Waals surface area contributed by atoms with E-state index < -0.39 is 0 Å². The van der Waals surface area contributed by atoms with Crippen LogP contribution in [0.25, 0.3) is 0 Å². The molecule has 2 heterocycles. The molecule has 0 bridgehead atoms. The van der Waals surface area contributed by atoms with Crippen molar-refractivity contribution in [3.63, 3.8) is 0 Å². The van der Waals surface area contributed by atoms with Gasteiger partial charge >= 0.3 is 0 Å². The lowest BCUT2D eigenvalue weighted by Gasteiger charge is -2.47. The molecule has 2 aliphatic heterocycles. The minimum atomic E-state index is -0.290. The molecule has 1 atom stereocenters. The molecule has 0 aromatic heterocycles. The first-order valence-corrected chi connectivity index (χ1v) is 9.61. The second-order valence-corrected chi connectivity index (χ2v) is 7.68. The minimum absolute atomic E-state index is 0.158. The number of allylic oxidation sites excluding steroid dienone is 1. The predicted octanol–water partition coefficient (Wildman–Crippen LogP) is 4.21. The normalized spacial score (nSPS) is 26.3. The van der Waals surface area contributed by atoms with Gasteiger partial charge in [-0.05, 0) is 45.7 Å². The smallest absolute Gasteiger partial charge is 0.0990 e. The molecular formula is C22H31N3O. The highest BCUT2D eigenvalue weighted by molar-refractivity contribution is 6.04. The summed E-state index contributed by atoms with van der Waals surface area (Å²) in [5.41, 5.74) is 10.3. The van der Waals surface area contributed by atoms with Crippen molar-refractivity contribution in [3.05, 3.63) is 53.8 Å². The standard InChI is InChI=1S/C22H31N3O/c1-17(2)9-12-25-13-10-22(11-14-25)20(16-23)21(15-18(3)26-22)24-19-7-5-4-6-8-19/h4-9,16,18H,10-15,23H2,1-3H3/b20-16+,24-21?. The Kier molecular flexibility index (Phi) is 5.94. The van der Waals surface area contributed by atoms with Crippen LogP contribution >= 0.6 is 0 Å². The van der Waals surface area contributed by atoms with Gasteiger partial charge in [0, 0.05) is 37.8 Å². The van der Waals surface area contributed by atoms with Crippen molar-refractivity contribution < 1.29 is 4.74 Å². The second-order valence-electron chi connectivity index (χ2n) is 7.68. The molecule has 1 aromatic rings. The quantitative estimate of drug-likeness (QED) is 0.828. The van der Waals surface area contributed by atoms with Crippen LogP contribution in [0.4, 0.5) is 5.69 Å². The zero-order chi connectivity index (χ0) is 18.6. The number of benzene rings is 1. The number of aliphatic imine (C=N–C) groups is 1. The number of nitrogens with two attached hydrogens (primary N) is 1. The van der Waals surface area contributed by atoms with Gasteiger partial charge in [-0.2, -0.15) is 0 Å². The summed E-state index contributed by atoms with van der Waals surface area (Å²) in [5, 5.41) is 0. The van der Waals surface area contributed by atoms with Crippen LogP contribution in [0, 0.1) is 0 Å². The van der Waals surface area contributed by atoms with Crippen molar-refractivity contribution in [2.75, 3.05) is 19.6 Å². The molecule has 4 heteroatoms. The number of rotatable bonds is 3. The predicted molar refractivity (Wildman–Crippen MR) is 109 cm³/mol. The second kappa shape index (κ2) is 8.19. The van der Waals surface area contributed by atoms with E-state index in [1.165, 1.54) is 5.57 Å². The Morgan fingerprint density at radius 3 is 2.58 bits per heavy atom. The fourth-order valence-electron chi connectivity index (χ4n) is 3.94. The minimum Gasteiger partial charge on any atom is -0.404 e. The van der Waals surface area contributed by atoms with Crippen LogP contribution in [0.1, 0.15) is 40.0 Å². The maximum absolute atomic E-state index is 6.49. The van der Waals surface area contributed by atoms with Gasteiger partial charge in [-0.15, -0.1) is 0 Å². The fourth-order valence-corrected chi connectivity index (χ4v) is 3.94. The molecule has 2 N–H and O–H groups in total. The van der Waals surface area contributed by atoms with Crippen LogP contribution in [-0.4, -0.2) is 42.0 Å². The maximum Gasteiger partial charge on any atom is 0.0990 e. The highest BCUT2D eigenvalue weighted by Gasteiger charge is 2.45. The van der Waals surface area contributed by atoms with E-state index in [4.69, 9.17) is 15.5 Å². The highest BCUT2D eigenvalue weighted by Crippen LogP contribution is 2.40. The first-order chi connectivity index (χ1) is 12.5. The molecule has 0 radical (unpaired) electrons. The Bertz CT molecular complexity index is 693. The first kappa shape index (κ1) is 18.9. The Morgan fingerprint density at radius 2 is 1.96 bits per heavy atom. The molecule has 2 saturated heterocycles. The average Bonchev–Trinajstić information content (AvgIpc) is 2.62. The third-order valence-electron chi connectivity index (χ3n) is 5.32. The lowest BCUT2D eigenvalue weighted by molar-refractivity contribution is -0.0948. The fraction of sp³-hybridized carbons (Fsp3) is 0.500. The molecule has 1 spiro atoms. The third kappa shape index (κ3) is 4.25. The largest absolute Gasteiger partial charge is 0.404 e. The monoisotopic (exact) mass is 353 g/mol. The van der Waals surface area contributed by atoms with Gasteiger partial charge in [-0.25, -0.2) is 0 Å². The van der Waals surface area contributed by atoms with E-state index in [0.29, 0.717) is 0 Å². The van der Waals surface area contributed by atoms with E-state index in [-0.39, 0.29) is 11.7 Å². The van der Waals surface area contributed by atoms with Gasteiger partial charge < -0.3 is 10.5 Å². The first-order valence-electron chi connectivity index (χ1n) is 9.61. The third-order valence-corrected chi connectivity index (χ3v) is 5.32. The lowest BCUT2D eigenvalue weighted by atomic mass is 9.78. The van der Waals surface area contributed by atoms with Gasteiger partial charge in [0.15, 0.2) is 0 Å². The maximum atomic E-state index is 6.49. The van der Waals surface area contributed by atoms with Gasteiger partial charge in [0.1, 0.15) is 0 Å². The van der Waals surface area contributed by atoms with E-state index in [9.17, 15) is 0 Å². The average molecular weight is 354 g/mol. The van der Waals surface area contributed by atoms with Crippen LogP contribution in [0.2, 0.25) is 0 Å². The molecule has 2 aliphatic rings. The molecule has 0 aliphatic carbocycles. The molecule has 4 nitrogen and oxygen atoms in total. The zero-order valence-corrected chi connectivity index (χ0v) is 16.2. The molecule has 3 rings (SSSR count). The number of hydrogen-bond donors (Lipinski definition) is 1.